The minimum atomic E-state index is -0.538. The second-order valence-electron chi connectivity index (χ2n) is 5.56. The second kappa shape index (κ2) is 8.44. The number of carbonyl (C=O) groups is 1. The monoisotopic (exact) mass is 350 g/mol. The molecule has 0 aliphatic carbocycles. The summed E-state index contributed by atoms with van der Waals surface area (Å²) in [6.07, 6.45) is 1.33. The van der Waals surface area contributed by atoms with Crippen LogP contribution < -0.4 is 10.6 Å². The lowest BCUT2D eigenvalue weighted by molar-refractivity contribution is -0.384. The fraction of sp³-hybridized carbons (Fsp3) is 0.158. The van der Waals surface area contributed by atoms with Crippen molar-refractivity contribution < 1.29 is 9.72 Å². The first-order chi connectivity index (χ1) is 12.5. The van der Waals surface area contributed by atoms with E-state index in [1.165, 1.54) is 18.2 Å². The Labute approximate surface area is 151 Å². The van der Waals surface area contributed by atoms with Gasteiger partial charge in [-0.25, -0.2) is 0 Å². The Hall–Kier alpha value is -3.66. The number of benzene rings is 2. The Morgan fingerprint density at radius 2 is 1.96 bits per heavy atom. The Balaban J connectivity index is 2.24. The topological polar surface area (TPSA) is 108 Å². The predicted octanol–water partition coefficient (Wildman–Crippen LogP) is 3.42. The van der Waals surface area contributed by atoms with Crippen molar-refractivity contribution in [1.29, 1.82) is 5.26 Å². The molecule has 0 spiro atoms. The van der Waals surface area contributed by atoms with Crippen LogP contribution in [0.25, 0.3) is 6.08 Å². The Morgan fingerprint density at radius 3 is 2.54 bits per heavy atom. The van der Waals surface area contributed by atoms with E-state index in [-0.39, 0.29) is 17.3 Å². The minimum Gasteiger partial charge on any atom is -0.383 e. The summed E-state index contributed by atoms with van der Waals surface area (Å²) in [7, 11) is 1.58. The largest absolute Gasteiger partial charge is 0.383 e. The number of nitrogens with one attached hydrogen (secondary N) is 2. The lowest BCUT2D eigenvalue weighted by atomic mass is 10.1. The molecule has 2 rings (SSSR count). The second-order valence-corrected chi connectivity index (χ2v) is 5.56. The third kappa shape index (κ3) is 4.45. The van der Waals surface area contributed by atoms with Gasteiger partial charge < -0.3 is 10.6 Å². The quantitative estimate of drug-likeness (QED) is 0.359. The minimum absolute atomic E-state index is 0.126. The normalized spacial score (nSPS) is 12.0. The van der Waals surface area contributed by atoms with E-state index >= 15 is 0 Å². The van der Waals surface area contributed by atoms with Crippen molar-refractivity contribution in [3.8, 4) is 6.07 Å². The number of nitrogens with zero attached hydrogens (tertiary/aromatic N) is 2. The van der Waals surface area contributed by atoms with Gasteiger partial charge in [0.05, 0.1) is 11.0 Å². The molecule has 0 saturated carbocycles. The fourth-order valence-corrected chi connectivity index (χ4v) is 2.42. The fourth-order valence-electron chi connectivity index (χ4n) is 2.42. The molecule has 0 heterocycles. The molecule has 0 aliphatic heterocycles. The SMILES string of the molecule is CNc1ccc(C=C(C#N)C(=O)NC(C)c2ccccc2)cc1[N+](=O)[O-]. The van der Waals surface area contributed by atoms with Crippen LogP contribution >= 0.6 is 0 Å². The van der Waals surface area contributed by atoms with Crippen LogP contribution in [0, 0.1) is 21.4 Å². The molecule has 2 aromatic carbocycles. The van der Waals surface area contributed by atoms with E-state index in [9.17, 15) is 20.2 Å². The summed E-state index contributed by atoms with van der Waals surface area (Å²) < 4.78 is 0. The van der Waals surface area contributed by atoms with Gasteiger partial charge in [-0.1, -0.05) is 36.4 Å². The number of carbonyl (C=O) groups excluding carboxylic acids is 1. The van der Waals surface area contributed by atoms with E-state index in [4.69, 9.17) is 0 Å². The highest BCUT2D eigenvalue weighted by molar-refractivity contribution is 6.02. The van der Waals surface area contributed by atoms with Crippen molar-refractivity contribution in [2.45, 2.75) is 13.0 Å². The summed E-state index contributed by atoms with van der Waals surface area (Å²) >= 11 is 0. The summed E-state index contributed by atoms with van der Waals surface area (Å²) in [5, 5.41) is 25.9. The molecule has 0 bridgehead atoms. The number of hydrogen-bond acceptors (Lipinski definition) is 5. The zero-order valence-electron chi connectivity index (χ0n) is 14.4. The number of rotatable bonds is 6. The predicted molar refractivity (Wildman–Crippen MR) is 99.2 cm³/mol. The highest BCUT2D eigenvalue weighted by atomic mass is 16.6. The molecule has 0 radical (unpaired) electrons. The van der Waals surface area contributed by atoms with Gasteiger partial charge in [0.1, 0.15) is 17.3 Å². The molecule has 2 aromatic rings. The van der Waals surface area contributed by atoms with Crippen LogP contribution in [0.4, 0.5) is 11.4 Å². The lowest BCUT2D eigenvalue weighted by Crippen LogP contribution is -2.27. The molecule has 7 nitrogen and oxygen atoms in total. The average molecular weight is 350 g/mol. The molecule has 132 valence electrons. The van der Waals surface area contributed by atoms with Crippen molar-refractivity contribution in [3.05, 3.63) is 75.3 Å². The summed E-state index contributed by atoms with van der Waals surface area (Å²) in [4.78, 5) is 23.0. The van der Waals surface area contributed by atoms with Crippen molar-refractivity contribution in [3.63, 3.8) is 0 Å². The lowest BCUT2D eigenvalue weighted by Gasteiger charge is -2.13. The van der Waals surface area contributed by atoms with Crippen molar-refractivity contribution in [1.82, 2.24) is 5.32 Å². The van der Waals surface area contributed by atoms with Crippen LogP contribution in [-0.4, -0.2) is 17.9 Å². The van der Waals surface area contributed by atoms with E-state index in [0.717, 1.165) is 5.56 Å². The van der Waals surface area contributed by atoms with E-state index in [0.29, 0.717) is 11.3 Å². The number of nitro benzene ring substituents is 1. The van der Waals surface area contributed by atoms with Crippen LogP contribution in [0.15, 0.2) is 54.1 Å². The highest BCUT2D eigenvalue weighted by Gasteiger charge is 2.16. The number of nitro groups is 1. The molecule has 26 heavy (non-hydrogen) atoms. The third-order valence-electron chi connectivity index (χ3n) is 3.81. The molecule has 7 heteroatoms. The molecule has 2 N–H and O–H groups in total. The molecular formula is C19H18N4O3. The Kier molecular flexibility index (Phi) is 6.06. The van der Waals surface area contributed by atoms with Crippen LogP contribution in [0.3, 0.4) is 0 Å². The van der Waals surface area contributed by atoms with Gasteiger partial charge in [-0.2, -0.15) is 5.26 Å². The molecule has 0 aliphatic rings. The molecule has 1 atom stereocenters. The van der Waals surface area contributed by atoms with Crippen LogP contribution in [0.2, 0.25) is 0 Å². The van der Waals surface area contributed by atoms with Crippen molar-refractivity contribution in [2.24, 2.45) is 0 Å². The average Bonchev–Trinajstić information content (AvgIpc) is 2.66. The van der Waals surface area contributed by atoms with Crippen LogP contribution in [0.1, 0.15) is 24.1 Å². The molecule has 0 fully saturated rings. The van der Waals surface area contributed by atoms with Gasteiger partial charge >= 0.3 is 0 Å². The van der Waals surface area contributed by atoms with Crippen molar-refractivity contribution >= 4 is 23.4 Å². The summed E-state index contributed by atoms with van der Waals surface area (Å²) in [5.74, 6) is -0.538. The summed E-state index contributed by atoms with van der Waals surface area (Å²) in [5.41, 5.74) is 1.41. The van der Waals surface area contributed by atoms with Gasteiger partial charge in [-0.15, -0.1) is 0 Å². The zero-order chi connectivity index (χ0) is 19.1. The first-order valence-corrected chi connectivity index (χ1v) is 7.90. The molecule has 1 amide bonds. The highest BCUT2D eigenvalue weighted by Crippen LogP contribution is 2.26. The maximum absolute atomic E-state index is 12.4. The zero-order valence-corrected chi connectivity index (χ0v) is 14.4. The van der Waals surface area contributed by atoms with E-state index in [1.807, 2.05) is 43.3 Å². The van der Waals surface area contributed by atoms with Gasteiger partial charge in [-0.3, -0.25) is 14.9 Å². The van der Waals surface area contributed by atoms with Gasteiger partial charge in [0.15, 0.2) is 0 Å². The maximum Gasteiger partial charge on any atom is 0.292 e. The summed E-state index contributed by atoms with van der Waals surface area (Å²) in [6.45, 7) is 1.81. The summed E-state index contributed by atoms with van der Waals surface area (Å²) in [6, 6.07) is 15.4. The van der Waals surface area contributed by atoms with E-state index in [1.54, 1.807) is 13.1 Å². The van der Waals surface area contributed by atoms with Gasteiger partial charge in [0.2, 0.25) is 0 Å². The number of nitriles is 1. The molecule has 0 aromatic heterocycles. The van der Waals surface area contributed by atoms with Crippen LogP contribution in [-0.2, 0) is 4.79 Å². The third-order valence-corrected chi connectivity index (χ3v) is 3.81. The maximum atomic E-state index is 12.4. The smallest absolute Gasteiger partial charge is 0.292 e. The van der Waals surface area contributed by atoms with E-state index < -0.39 is 10.8 Å². The van der Waals surface area contributed by atoms with Crippen molar-refractivity contribution in [2.75, 3.05) is 12.4 Å². The van der Waals surface area contributed by atoms with Crippen LogP contribution in [0.5, 0.6) is 0 Å². The van der Waals surface area contributed by atoms with Gasteiger partial charge in [-0.05, 0) is 30.2 Å². The molecule has 1 unspecified atom stereocenters. The molecular weight excluding hydrogens is 332 g/mol. The first kappa shape index (κ1) is 18.7. The van der Waals surface area contributed by atoms with Gasteiger partial charge in [0, 0.05) is 13.1 Å². The van der Waals surface area contributed by atoms with E-state index in [2.05, 4.69) is 10.6 Å². The standard InChI is InChI=1S/C19H18N4O3/c1-13(15-6-4-3-5-7-15)22-19(24)16(12-20)10-14-8-9-17(21-2)18(11-14)23(25)26/h3-11,13,21H,1-2H3,(H,22,24). The Bertz CT molecular complexity index is 885. The first-order valence-electron chi connectivity index (χ1n) is 7.90. The van der Waals surface area contributed by atoms with Gasteiger partial charge in [0.25, 0.3) is 11.6 Å². The number of hydrogen-bond donors (Lipinski definition) is 2. The molecule has 0 saturated heterocycles. The Morgan fingerprint density at radius 1 is 1.27 bits per heavy atom. The number of anilines is 1. The number of amides is 1.